The SMILES string of the molecule is CCN(CC)S(=O)(=O)c1ccc(Cl)c(-c2nc(CC(C)NC)no2)c1.Cl. The summed E-state index contributed by atoms with van der Waals surface area (Å²) in [5, 5.41) is 7.39. The molecule has 7 nitrogen and oxygen atoms in total. The number of nitrogens with one attached hydrogen (secondary N) is 1. The van der Waals surface area contributed by atoms with E-state index in [2.05, 4.69) is 15.5 Å². The van der Waals surface area contributed by atoms with E-state index in [1.54, 1.807) is 13.8 Å². The lowest BCUT2D eigenvalue weighted by molar-refractivity contribution is 0.418. The third-order valence-corrected chi connectivity index (χ3v) is 6.34. The van der Waals surface area contributed by atoms with Gasteiger partial charge >= 0.3 is 0 Å². The standard InChI is InChI=1S/C16H23ClN4O3S.ClH/c1-5-21(6-2)25(22,23)12-7-8-14(17)13(10-12)16-19-15(20-24-16)9-11(3)18-4;/h7-8,10-11,18H,5-6,9H2,1-4H3;1H. The molecule has 0 aliphatic carbocycles. The highest BCUT2D eigenvalue weighted by molar-refractivity contribution is 7.89. The van der Waals surface area contributed by atoms with Crippen molar-refractivity contribution < 1.29 is 12.9 Å². The Morgan fingerprint density at radius 3 is 2.54 bits per heavy atom. The van der Waals surface area contributed by atoms with E-state index in [4.69, 9.17) is 16.1 Å². The van der Waals surface area contributed by atoms with Crippen LogP contribution in [0.3, 0.4) is 0 Å². The summed E-state index contributed by atoms with van der Waals surface area (Å²) in [6, 6.07) is 4.69. The third kappa shape index (κ3) is 4.95. The summed E-state index contributed by atoms with van der Waals surface area (Å²) in [4.78, 5) is 4.48. The van der Waals surface area contributed by atoms with Crippen molar-refractivity contribution >= 4 is 34.0 Å². The smallest absolute Gasteiger partial charge is 0.259 e. The van der Waals surface area contributed by atoms with Crippen LogP contribution in [0.4, 0.5) is 0 Å². The molecule has 0 amide bonds. The topological polar surface area (TPSA) is 88.3 Å². The molecule has 0 bridgehead atoms. The van der Waals surface area contributed by atoms with Crippen molar-refractivity contribution in [1.29, 1.82) is 0 Å². The molecular weight excluding hydrogens is 399 g/mol. The fourth-order valence-corrected chi connectivity index (χ4v) is 4.05. The van der Waals surface area contributed by atoms with E-state index < -0.39 is 10.0 Å². The average molecular weight is 423 g/mol. The zero-order valence-corrected chi connectivity index (χ0v) is 17.6. The zero-order chi connectivity index (χ0) is 18.6. The lowest BCUT2D eigenvalue weighted by Gasteiger charge is -2.18. The normalized spacial score (nSPS) is 12.8. The van der Waals surface area contributed by atoms with Crippen LogP contribution >= 0.6 is 24.0 Å². The van der Waals surface area contributed by atoms with E-state index >= 15 is 0 Å². The molecule has 2 rings (SSSR count). The number of nitrogens with zero attached hydrogens (tertiary/aromatic N) is 3. The number of likely N-dealkylation sites (N-methyl/N-ethyl adjacent to an activating group) is 1. The largest absolute Gasteiger partial charge is 0.334 e. The first kappa shape index (κ1) is 22.9. The molecular formula is C16H24Cl2N4O3S. The number of hydrogen-bond donors (Lipinski definition) is 1. The van der Waals surface area contributed by atoms with Crippen LogP contribution in [-0.2, 0) is 16.4 Å². The van der Waals surface area contributed by atoms with Crippen LogP contribution in [0.5, 0.6) is 0 Å². The second-order valence-electron chi connectivity index (χ2n) is 5.64. The minimum absolute atomic E-state index is 0. The summed E-state index contributed by atoms with van der Waals surface area (Å²) < 4.78 is 32.0. The summed E-state index contributed by atoms with van der Waals surface area (Å²) in [7, 11) is -1.74. The highest BCUT2D eigenvalue weighted by Crippen LogP contribution is 2.30. The molecule has 0 fully saturated rings. The predicted octanol–water partition coefficient (Wildman–Crippen LogP) is 2.99. The predicted molar refractivity (Wildman–Crippen MR) is 104 cm³/mol. The summed E-state index contributed by atoms with van der Waals surface area (Å²) in [6.45, 7) is 6.38. The average Bonchev–Trinajstić information content (AvgIpc) is 3.04. The van der Waals surface area contributed by atoms with Gasteiger partial charge in [0.2, 0.25) is 10.0 Å². The molecule has 146 valence electrons. The summed E-state index contributed by atoms with van der Waals surface area (Å²) in [6.07, 6.45) is 0.592. The van der Waals surface area contributed by atoms with Gasteiger partial charge in [-0.05, 0) is 32.2 Å². The molecule has 0 aliphatic rings. The highest BCUT2D eigenvalue weighted by Gasteiger charge is 2.24. The first-order valence-corrected chi connectivity index (χ1v) is 9.95. The van der Waals surface area contributed by atoms with E-state index in [1.165, 1.54) is 22.5 Å². The Morgan fingerprint density at radius 2 is 1.96 bits per heavy atom. The Labute approximate surface area is 165 Å². The number of benzene rings is 1. The summed E-state index contributed by atoms with van der Waals surface area (Å²) >= 11 is 6.22. The highest BCUT2D eigenvalue weighted by atomic mass is 35.5. The molecule has 1 heterocycles. The van der Waals surface area contributed by atoms with E-state index in [-0.39, 0.29) is 29.2 Å². The first-order chi connectivity index (χ1) is 11.8. The molecule has 26 heavy (non-hydrogen) atoms. The van der Waals surface area contributed by atoms with Gasteiger partial charge in [0.1, 0.15) is 0 Å². The fourth-order valence-electron chi connectivity index (χ4n) is 2.36. The summed E-state index contributed by atoms with van der Waals surface area (Å²) in [5.41, 5.74) is 0.408. The molecule has 0 aliphatic heterocycles. The molecule has 1 aromatic heterocycles. The molecule has 0 radical (unpaired) electrons. The van der Waals surface area contributed by atoms with Gasteiger partial charge in [0.25, 0.3) is 5.89 Å². The number of halogens is 2. The van der Waals surface area contributed by atoms with Crippen molar-refractivity contribution in [1.82, 2.24) is 19.8 Å². The van der Waals surface area contributed by atoms with Crippen LogP contribution in [0.2, 0.25) is 5.02 Å². The van der Waals surface area contributed by atoms with Crippen LogP contribution in [0.1, 0.15) is 26.6 Å². The lowest BCUT2D eigenvalue weighted by Crippen LogP contribution is -2.30. The van der Waals surface area contributed by atoms with Gasteiger partial charge in [0.15, 0.2) is 5.82 Å². The van der Waals surface area contributed by atoms with Crippen LogP contribution in [0.15, 0.2) is 27.6 Å². The second-order valence-corrected chi connectivity index (χ2v) is 7.99. The number of aromatic nitrogens is 2. The molecule has 1 atom stereocenters. The van der Waals surface area contributed by atoms with Crippen molar-refractivity contribution in [2.75, 3.05) is 20.1 Å². The molecule has 0 saturated heterocycles. The van der Waals surface area contributed by atoms with Crippen molar-refractivity contribution in [2.24, 2.45) is 0 Å². The fraction of sp³-hybridized carbons (Fsp3) is 0.500. The van der Waals surface area contributed by atoms with Crippen molar-refractivity contribution in [2.45, 2.75) is 38.1 Å². The Morgan fingerprint density at radius 1 is 1.31 bits per heavy atom. The van der Waals surface area contributed by atoms with Gasteiger partial charge in [-0.3, -0.25) is 0 Å². The van der Waals surface area contributed by atoms with E-state index in [9.17, 15) is 8.42 Å². The van der Waals surface area contributed by atoms with Gasteiger partial charge < -0.3 is 9.84 Å². The van der Waals surface area contributed by atoms with Gasteiger partial charge in [-0.25, -0.2) is 8.42 Å². The van der Waals surface area contributed by atoms with Gasteiger partial charge in [-0.2, -0.15) is 9.29 Å². The van der Waals surface area contributed by atoms with Gasteiger partial charge in [0, 0.05) is 25.6 Å². The minimum atomic E-state index is -3.59. The van der Waals surface area contributed by atoms with Crippen molar-refractivity contribution in [3.8, 4) is 11.5 Å². The molecule has 1 unspecified atom stereocenters. The Balaban J connectivity index is 0.00000338. The van der Waals surface area contributed by atoms with Gasteiger partial charge in [-0.15, -0.1) is 12.4 Å². The molecule has 2 aromatic rings. The lowest BCUT2D eigenvalue weighted by atomic mass is 10.2. The molecule has 0 spiro atoms. The molecule has 0 saturated carbocycles. The number of sulfonamides is 1. The van der Waals surface area contributed by atoms with E-state index in [0.29, 0.717) is 35.9 Å². The van der Waals surface area contributed by atoms with Gasteiger partial charge in [-0.1, -0.05) is 30.6 Å². The summed E-state index contributed by atoms with van der Waals surface area (Å²) in [5.74, 6) is 0.741. The number of rotatable bonds is 8. The molecule has 1 aromatic carbocycles. The van der Waals surface area contributed by atoms with Crippen molar-refractivity contribution in [3.63, 3.8) is 0 Å². The molecule has 10 heteroatoms. The van der Waals surface area contributed by atoms with Crippen LogP contribution in [0.25, 0.3) is 11.5 Å². The van der Waals surface area contributed by atoms with Crippen molar-refractivity contribution in [3.05, 3.63) is 29.0 Å². The maximum Gasteiger partial charge on any atom is 0.259 e. The van der Waals surface area contributed by atoms with Crippen LogP contribution in [-0.4, -0.2) is 49.0 Å². The molecule has 1 N–H and O–H groups in total. The number of hydrogen-bond acceptors (Lipinski definition) is 6. The second kappa shape index (κ2) is 9.66. The Kier molecular flexibility index (Phi) is 8.49. The third-order valence-electron chi connectivity index (χ3n) is 3.96. The maximum atomic E-state index is 12.7. The van der Waals surface area contributed by atoms with Gasteiger partial charge in [0.05, 0.1) is 15.5 Å². The minimum Gasteiger partial charge on any atom is -0.334 e. The maximum absolute atomic E-state index is 12.7. The Hall–Kier alpha value is -1.19. The quantitative estimate of drug-likeness (QED) is 0.702. The monoisotopic (exact) mass is 422 g/mol. The van der Waals surface area contributed by atoms with E-state index in [0.717, 1.165) is 0 Å². The van der Waals surface area contributed by atoms with E-state index in [1.807, 2.05) is 14.0 Å². The van der Waals surface area contributed by atoms with Crippen LogP contribution < -0.4 is 5.32 Å². The first-order valence-electron chi connectivity index (χ1n) is 8.13. The zero-order valence-electron chi connectivity index (χ0n) is 15.2. The Bertz CT molecular complexity index is 823. The van der Waals surface area contributed by atoms with Crippen LogP contribution in [0, 0.1) is 0 Å².